The van der Waals surface area contributed by atoms with Crippen LogP contribution < -0.4 is 47.3 Å². The number of aromatic nitrogens is 3. The molecule has 0 fully saturated rings. The molecule has 0 saturated heterocycles. The molecule has 29 nitrogen and oxygen atoms in total. The van der Waals surface area contributed by atoms with E-state index in [1.807, 2.05) is 215 Å². The van der Waals surface area contributed by atoms with Crippen molar-refractivity contribution in [1.29, 1.82) is 0 Å². The summed E-state index contributed by atoms with van der Waals surface area (Å²) in [6.07, 6.45) is 11.7. The van der Waals surface area contributed by atoms with Gasteiger partial charge in [0.25, 0.3) is 32.4 Å². The Morgan fingerprint density at radius 1 is 0.473 bits per heavy atom. The normalized spacial score (nSPS) is 14.8. The van der Waals surface area contributed by atoms with Crippen LogP contribution in [0, 0.1) is 13.8 Å². The number of rotatable bonds is 31. The number of unbranched alkanes of at least 4 members (excludes halogenated alkanes) is 2. The number of pyridine rings is 1. The lowest BCUT2D eigenvalue weighted by Crippen LogP contribution is -2.39. The van der Waals surface area contributed by atoms with Gasteiger partial charge in [0.05, 0.1) is 57.6 Å². The van der Waals surface area contributed by atoms with Crippen molar-refractivity contribution in [1.82, 2.24) is 0 Å². The Kier molecular flexibility index (Phi) is 29.1. The molecule has 6 heterocycles. The maximum Gasteiger partial charge on any atom is 0.375 e. The number of methoxy groups -OCH3 is 1. The number of hydrogen-bond donors (Lipinski definition) is 3. The van der Waals surface area contributed by atoms with Gasteiger partial charge in [0.1, 0.15) is 49.0 Å². The largest absolute Gasteiger partial charge is 0.748 e. The van der Waals surface area contributed by atoms with Crippen molar-refractivity contribution >= 4 is 140 Å². The third kappa shape index (κ3) is 24.5. The van der Waals surface area contributed by atoms with Gasteiger partial charge in [-0.25, -0.2) is 25.3 Å². The Labute approximate surface area is 754 Å². The summed E-state index contributed by atoms with van der Waals surface area (Å²) >= 11 is 1.37. The number of aryl methyl sites for hydroxylation is 3. The van der Waals surface area contributed by atoms with E-state index in [0.717, 1.165) is 83.5 Å². The first-order valence-electron chi connectivity index (χ1n) is 41.1. The fourth-order valence-electron chi connectivity index (χ4n) is 14.9. The molecule has 0 bridgehead atoms. The summed E-state index contributed by atoms with van der Waals surface area (Å²) in [6, 6.07) is 64.7. The molecule has 0 spiro atoms. The third-order valence-electron chi connectivity index (χ3n) is 22.1. The van der Waals surface area contributed by atoms with Gasteiger partial charge in [-0.1, -0.05) is 161 Å². The second kappa shape index (κ2) is 39.4. The molecule has 3 aliphatic heterocycles. The monoisotopic (exact) mass is 1890 g/mol. The minimum atomic E-state index is -4.69. The Morgan fingerprint density at radius 2 is 0.977 bits per heavy atom. The molecule has 0 unspecified atom stereocenters. The van der Waals surface area contributed by atoms with E-state index < -0.39 is 90.0 Å². The Hall–Kier alpha value is -11.5. The Bertz CT molecular complexity index is 7170. The van der Waals surface area contributed by atoms with Crippen LogP contribution >= 0.6 is 11.3 Å². The van der Waals surface area contributed by atoms with Crippen molar-refractivity contribution in [2.45, 2.75) is 117 Å². The summed E-state index contributed by atoms with van der Waals surface area (Å²) in [5.41, 5.74) is 14.6. The van der Waals surface area contributed by atoms with Crippen LogP contribution in [0.25, 0.3) is 83.8 Å². The smallest absolute Gasteiger partial charge is 0.375 e. The SMILES string of the molecule is CCC(=Cc1oc2ccc(-c3ccccc3)cc2[n+]1CS(=O)(=O)O)C=C1Oc2ccc(C(C)(C)CC)cc2N1CS(=O)(=O)[O-].CCC(=Cc1sc2cc(C)c(C)cc2[n+]1CS(=O)(=O)O)C=C1Oc2ccc(-c3ccccc3)cc2N1CS(=O)(=O)[O-].COc1ccc2c(ccc(/C=C3\Oc4ccc(-c5ccccc5)cc4N3CCCCS(=O)(=O)O)[n+]2CCCCS(=O)(=O)[O-])c1. The van der Waals surface area contributed by atoms with Crippen LogP contribution in [0.2, 0.25) is 0 Å². The molecule has 3 aliphatic rings. The number of hydrogen-bond acceptors (Lipinski definition) is 24. The topological polar surface area (TPSA) is 406 Å². The van der Waals surface area contributed by atoms with Crippen molar-refractivity contribution < 1.29 is 115 Å². The molecule has 3 N–H and O–H groups in total. The van der Waals surface area contributed by atoms with E-state index in [1.54, 1.807) is 61.7 Å². The molecule has 36 heteroatoms. The zero-order valence-electron chi connectivity index (χ0n) is 71.7. The van der Waals surface area contributed by atoms with Gasteiger partial charge in [-0.3, -0.25) is 23.5 Å². The minimum Gasteiger partial charge on any atom is -0.748 e. The summed E-state index contributed by atoms with van der Waals surface area (Å²) < 4.78 is 240. The van der Waals surface area contributed by atoms with Gasteiger partial charge in [-0.15, -0.1) is 4.57 Å². The van der Waals surface area contributed by atoms with Crippen molar-refractivity contribution in [3.63, 3.8) is 0 Å². The fraction of sp³-hybridized carbons (Fsp3) is 0.258. The van der Waals surface area contributed by atoms with Crippen molar-refractivity contribution in [3.8, 4) is 56.4 Å². The van der Waals surface area contributed by atoms with Crippen LogP contribution in [0.4, 0.5) is 17.1 Å². The summed E-state index contributed by atoms with van der Waals surface area (Å²) in [5.74, 6) is -0.662. The number of fused-ring (bicyclic) bond motifs is 6. The second-order valence-electron chi connectivity index (χ2n) is 31.7. The van der Waals surface area contributed by atoms with Gasteiger partial charge < -0.3 is 41.9 Å². The molecule has 678 valence electrons. The van der Waals surface area contributed by atoms with Crippen LogP contribution in [-0.4, -0.2) is 115 Å². The van der Waals surface area contributed by atoms with Crippen LogP contribution in [0.15, 0.2) is 252 Å². The van der Waals surface area contributed by atoms with Crippen LogP contribution in [0.5, 0.6) is 23.0 Å². The van der Waals surface area contributed by atoms with E-state index in [1.165, 1.54) is 30.3 Å². The molecule has 0 atom stereocenters. The molecule has 129 heavy (non-hydrogen) atoms. The zero-order valence-corrected chi connectivity index (χ0v) is 77.4. The number of allylic oxidation sites excluding steroid dienone is 4. The Morgan fingerprint density at radius 3 is 1.50 bits per heavy atom. The van der Waals surface area contributed by atoms with Crippen molar-refractivity contribution in [2.24, 2.45) is 0 Å². The molecule has 9 aromatic carbocycles. The highest BCUT2D eigenvalue weighted by molar-refractivity contribution is 7.86. The van der Waals surface area contributed by atoms with Gasteiger partial charge in [0.15, 0.2) is 17.2 Å². The summed E-state index contributed by atoms with van der Waals surface area (Å²) in [6.45, 7) is 14.7. The number of thiazole rings is 1. The lowest BCUT2D eigenvalue weighted by Gasteiger charge is -2.25. The average Bonchev–Trinajstić information content (AvgIpc) is 1.58. The van der Waals surface area contributed by atoms with Crippen molar-refractivity contribution in [2.75, 3.05) is 51.6 Å². The molecule has 0 saturated carbocycles. The van der Waals surface area contributed by atoms with Gasteiger partial charge in [0.2, 0.25) is 40.0 Å². The molecular weight excluding hydrogens is 1790 g/mol. The number of benzene rings is 9. The highest BCUT2D eigenvalue weighted by atomic mass is 32.2. The summed E-state index contributed by atoms with van der Waals surface area (Å²) in [7, 11) is -25.0. The van der Waals surface area contributed by atoms with E-state index in [0.29, 0.717) is 112 Å². The van der Waals surface area contributed by atoms with E-state index in [9.17, 15) is 77.8 Å². The van der Waals surface area contributed by atoms with E-state index >= 15 is 0 Å². The predicted molar refractivity (Wildman–Crippen MR) is 494 cm³/mol. The van der Waals surface area contributed by atoms with E-state index in [-0.39, 0.29) is 41.7 Å². The fourth-order valence-corrected chi connectivity index (χ4v) is 19.7. The Balaban J connectivity index is 0.000000165. The number of oxazole rings is 1. The quantitative estimate of drug-likeness (QED) is 0.0206. The minimum absolute atomic E-state index is 0.128. The van der Waals surface area contributed by atoms with E-state index in [4.69, 9.17) is 23.4 Å². The third-order valence-corrected chi connectivity index (χ3v) is 27.1. The van der Waals surface area contributed by atoms with Gasteiger partial charge in [0, 0.05) is 61.2 Å². The molecule has 0 aliphatic carbocycles. The van der Waals surface area contributed by atoms with E-state index in [2.05, 4.69) is 25.3 Å². The molecule has 15 rings (SSSR count). The predicted octanol–water partition coefficient (Wildman–Crippen LogP) is 16.3. The standard InChI is InChI=1S/2C32H34N2O8S2.C29H28N2O7S3/c1-5-22(17-31-34(21-44(38,39)40)27-19-25(32(3,4)6-2)13-15-29(27)42-31)16-30-33(20-43(35,36)37)26-18-24(12-14-28(26)41-30)23-10-8-7-9-11-23;1-41-28-14-15-29-26(21-28)11-13-27(33(29)17-5-7-19-43(35,36)37)23-32-34(18-6-8-20-44(38,39)40)30-22-25(12-16-31(30)42-32)24-9-3-2-4-10-24;1-4-21(15-29-31(18-41(35,36)37)25-12-19(2)20(3)13-27(25)39-29)14-28-30(17-40(32,33)34)24-16-23(10-11-26(24)38-28)22-8-6-5-7-9-22/h7-19H,5-6,20-21H2,1-4H3,(H-,35,36,37,38,39,40);2-4,9-16,21-23H,5-8,17-20H2,1H3,(H-,35,36,37,38,39,40);5-16H,4,17-18H2,1-3H3,(H-,32,33,34,35,36,37). The highest BCUT2D eigenvalue weighted by Crippen LogP contribution is 2.47. The first-order valence-corrected chi connectivity index (χ1v) is 51.4. The molecule has 0 radical (unpaired) electrons. The molecule has 3 aromatic heterocycles. The molecular formula is C93H96N6O23S7. The van der Waals surface area contributed by atoms with Crippen molar-refractivity contribution in [3.05, 3.63) is 280 Å². The summed E-state index contributed by atoms with van der Waals surface area (Å²) in [5, 5.41) is 1.49. The van der Waals surface area contributed by atoms with Crippen LogP contribution in [0.3, 0.4) is 0 Å². The number of nitrogens with zero attached hydrogens (tertiary/aromatic N) is 6. The van der Waals surface area contributed by atoms with Gasteiger partial charge >= 0.3 is 26.1 Å². The second-order valence-corrected chi connectivity index (χ2v) is 41.5. The maximum atomic E-state index is 12.1. The number of anilines is 3. The lowest BCUT2D eigenvalue weighted by atomic mass is 9.82. The van der Waals surface area contributed by atoms with Gasteiger partial charge in [-0.2, -0.15) is 34.4 Å². The average molecular weight is 1890 g/mol. The summed E-state index contributed by atoms with van der Waals surface area (Å²) in [4.78, 5) is 4.66. The first-order chi connectivity index (χ1) is 61.0. The van der Waals surface area contributed by atoms with Gasteiger partial charge in [-0.05, 0) is 186 Å². The lowest BCUT2D eigenvalue weighted by molar-refractivity contribution is -0.673. The first kappa shape index (κ1) is 95.1. The number of ether oxygens (including phenoxy) is 4. The molecule has 12 aromatic rings. The zero-order chi connectivity index (χ0) is 92.7. The highest BCUT2D eigenvalue weighted by Gasteiger charge is 2.36. The molecule has 0 amide bonds. The maximum absolute atomic E-state index is 12.1. The van der Waals surface area contributed by atoms with Crippen LogP contribution in [0.1, 0.15) is 113 Å². The van der Waals surface area contributed by atoms with Crippen LogP contribution in [-0.2, 0) is 84.4 Å².